The molecule has 2 aliphatic rings. The monoisotopic (exact) mass is 425 g/mol. The molecule has 0 radical (unpaired) electrons. The van der Waals surface area contributed by atoms with Crippen LogP contribution in [0.1, 0.15) is 55.5 Å². The van der Waals surface area contributed by atoms with E-state index in [-0.39, 0.29) is 11.7 Å². The Balaban J connectivity index is 1.88. The molecule has 0 aromatic carbocycles. The lowest BCUT2D eigenvalue weighted by Gasteiger charge is -2.27. The second-order valence-electron chi connectivity index (χ2n) is 7.18. The molecule has 0 atom stereocenters. The first-order valence-electron chi connectivity index (χ1n) is 9.32. The highest BCUT2D eigenvalue weighted by molar-refractivity contribution is 8.07. The number of carbonyl (C=O) groups is 1. The van der Waals surface area contributed by atoms with E-state index in [0.29, 0.717) is 17.3 Å². The minimum absolute atomic E-state index is 0.129. The van der Waals surface area contributed by atoms with Gasteiger partial charge in [0.2, 0.25) is 0 Å². The van der Waals surface area contributed by atoms with Gasteiger partial charge in [-0.2, -0.15) is 13.2 Å². The summed E-state index contributed by atoms with van der Waals surface area (Å²) in [6, 6.07) is 0.596. The van der Waals surface area contributed by atoms with E-state index in [1.54, 1.807) is 6.20 Å². The maximum Gasteiger partial charge on any atom is 0.417 e. The number of halogens is 3. The van der Waals surface area contributed by atoms with Gasteiger partial charge in [-0.25, -0.2) is 9.78 Å². The number of nitrogens with one attached hydrogen (secondary N) is 2. The number of anilines is 1. The third-order valence-corrected chi connectivity index (χ3v) is 5.79. The van der Waals surface area contributed by atoms with Crippen LogP contribution < -0.4 is 10.6 Å². The quantitative estimate of drug-likeness (QED) is 0.561. The van der Waals surface area contributed by atoms with Crippen LogP contribution in [0.25, 0.3) is 0 Å². The fourth-order valence-corrected chi connectivity index (χ4v) is 4.38. The van der Waals surface area contributed by atoms with Crippen molar-refractivity contribution in [2.45, 2.75) is 45.7 Å². The third-order valence-electron chi connectivity index (χ3n) is 4.66. The number of rotatable bonds is 5. The number of carboxylic acids is 1. The van der Waals surface area contributed by atoms with Gasteiger partial charge in [-0.1, -0.05) is 31.7 Å². The van der Waals surface area contributed by atoms with Gasteiger partial charge in [-0.05, 0) is 43.2 Å². The van der Waals surface area contributed by atoms with Gasteiger partial charge in [0.25, 0.3) is 0 Å². The molecular weight excluding hydrogens is 403 g/mol. The number of carboxylic acid groups (broad SMARTS) is 1. The summed E-state index contributed by atoms with van der Waals surface area (Å²) < 4.78 is 38.7. The Morgan fingerprint density at radius 3 is 2.69 bits per heavy atom. The highest BCUT2D eigenvalue weighted by Gasteiger charge is 2.33. The van der Waals surface area contributed by atoms with Crippen molar-refractivity contribution < 1.29 is 23.1 Å². The minimum atomic E-state index is -4.66. The van der Waals surface area contributed by atoms with E-state index >= 15 is 0 Å². The molecule has 1 aromatic heterocycles. The zero-order chi connectivity index (χ0) is 21.2. The molecule has 0 fully saturated rings. The SMILES string of the molecule is CC(C)C1=C(C2=CCCCC2)SC(Nc2ncc(C(F)(F)F)cc2C(=O)O)=CN1. The number of aromatic nitrogens is 1. The van der Waals surface area contributed by atoms with Crippen molar-refractivity contribution in [1.29, 1.82) is 0 Å². The summed E-state index contributed by atoms with van der Waals surface area (Å²) >= 11 is 1.44. The molecule has 3 rings (SSSR count). The topological polar surface area (TPSA) is 74.2 Å². The fourth-order valence-electron chi connectivity index (χ4n) is 3.18. The van der Waals surface area contributed by atoms with E-state index < -0.39 is 23.3 Å². The molecule has 2 heterocycles. The summed E-state index contributed by atoms with van der Waals surface area (Å²) in [5.41, 5.74) is 0.688. The van der Waals surface area contributed by atoms with Gasteiger partial charge >= 0.3 is 12.1 Å². The smallest absolute Gasteiger partial charge is 0.417 e. The number of pyridine rings is 1. The number of thioether (sulfide) groups is 1. The zero-order valence-corrected chi connectivity index (χ0v) is 16.9. The minimum Gasteiger partial charge on any atom is -0.478 e. The van der Waals surface area contributed by atoms with Gasteiger partial charge in [0, 0.05) is 23.0 Å². The number of nitrogens with zero attached hydrogens (tertiary/aromatic N) is 1. The van der Waals surface area contributed by atoms with Crippen LogP contribution in [-0.2, 0) is 6.18 Å². The van der Waals surface area contributed by atoms with E-state index in [4.69, 9.17) is 0 Å². The van der Waals surface area contributed by atoms with Crippen molar-refractivity contribution in [3.8, 4) is 0 Å². The number of allylic oxidation sites excluding steroid dienone is 3. The van der Waals surface area contributed by atoms with Gasteiger partial charge in [0.15, 0.2) is 0 Å². The molecule has 0 spiro atoms. The number of alkyl halides is 3. The second-order valence-corrected chi connectivity index (χ2v) is 8.23. The number of hydrogen-bond donors (Lipinski definition) is 3. The summed E-state index contributed by atoms with van der Waals surface area (Å²) in [5, 5.41) is 16.1. The van der Waals surface area contributed by atoms with Crippen molar-refractivity contribution in [2.24, 2.45) is 5.92 Å². The number of aromatic carboxylic acids is 1. The van der Waals surface area contributed by atoms with Crippen LogP contribution in [0, 0.1) is 5.92 Å². The van der Waals surface area contributed by atoms with Crippen LogP contribution in [0.4, 0.5) is 19.0 Å². The third kappa shape index (κ3) is 4.95. The first-order valence-corrected chi connectivity index (χ1v) is 10.1. The molecule has 9 heteroatoms. The molecule has 3 N–H and O–H groups in total. The molecule has 1 aromatic rings. The van der Waals surface area contributed by atoms with Crippen molar-refractivity contribution in [3.05, 3.63) is 56.9 Å². The first kappa shape index (κ1) is 21.3. The molecule has 0 amide bonds. The Morgan fingerprint density at radius 2 is 2.10 bits per heavy atom. The molecule has 1 aliphatic carbocycles. The first-order chi connectivity index (χ1) is 13.7. The maximum atomic E-state index is 12.9. The van der Waals surface area contributed by atoms with Gasteiger partial charge in [-0.15, -0.1) is 0 Å². The van der Waals surface area contributed by atoms with Crippen LogP contribution in [0.15, 0.2) is 45.7 Å². The van der Waals surface area contributed by atoms with Crippen LogP contribution in [0.3, 0.4) is 0 Å². The molecule has 156 valence electrons. The predicted molar refractivity (Wildman–Crippen MR) is 107 cm³/mol. The van der Waals surface area contributed by atoms with E-state index in [2.05, 4.69) is 35.5 Å². The Labute approximate surface area is 171 Å². The summed E-state index contributed by atoms with van der Waals surface area (Å²) in [6.45, 7) is 4.16. The Bertz CT molecular complexity index is 905. The van der Waals surface area contributed by atoms with Gasteiger partial charge in [0.05, 0.1) is 10.6 Å². The van der Waals surface area contributed by atoms with Crippen LogP contribution in [0.5, 0.6) is 0 Å². The van der Waals surface area contributed by atoms with E-state index in [0.717, 1.165) is 36.3 Å². The molecule has 0 unspecified atom stereocenters. The average Bonchev–Trinajstić information content (AvgIpc) is 2.67. The lowest BCUT2D eigenvalue weighted by atomic mass is 9.96. The number of hydrogen-bond acceptors (Lipinski definition) is 5. The molecular formula is C20H22F3N3O2S. The van der Waals surface area contributed by atoms with E-state index in [1.807, 2.05) is 0 Å². The zero-order valence-electron chi connectivity index (χ0n) is 16.1. The summed E-state index contributed by atoms with van der Waals surface area (Å²) in [6.07, 6.45) is 4.13. The van der Waals surface area contributed by atoms with Crippen LogP contribution in [-0.4, -0.2) is 16.1 Å². The molecule has 0 saturated heterocycles. The summed E-state index contributed by atoms with van der Waals surface area (Å²) in [7, 11) is 0. The molecule has 5 nitrogen and oxygen atoms in total. The van der Waals surface area contributed by atoms with Crippen LogP contribution >= 0.6 is 11.8 Å². The van der Waals surface area contributed by atoms with Crippen molar-refractivity contribution >= 4 is 23.5 Å². The lowest BCUT2D eigenvalue weighted by Crippen LogP contribution is -2.21. The van der Waals surface area contributed by atoms with Gasteiger partial charge in [0.1, 0.15) is 11.4 Å². The van der Waals surface area contributed by atoms with Gasteiger partial charge < -0.3 is 15.7 Å². The average molecular weight is 425 g/mol. The van der Waals surface area contributed by atoms with Crippen molar-refractivity contribution in [2.75, 3.05) is 5.32 Å². The van der Waals surface area contributed by atoms with Crippen molar-refractivity contribution in [3.63, 3.8) is 0 Å². The lowest BCUT2D eigenvalue weighted by molar-refractivity contribution is -0.137. The standard InChI is InChI=1S/C20H22F3N3O2S/c1-11(2)16-17(12-6-4-3-5-7-12)29-15(10-24-16)26-18-14(19(27)28)8-13(9-25-18)20(21,22)23/h6,8-11,24H,3-5,7H2,1-2H3,(H,25,26)(H,27,28). The highest BCUT2D eigenvalue weighted by atomic mass is 32.2. The van der Waals surface area contributed by atoms with E-state index in [9.17, 15) is 23.1 Å². The molecule has 29 heavy (non-hydrogen) atoms. The Morgan fingerprint density at radius 1 is 1.34 bits per heavy atom. The summed E-state index contributed by atoms with van der Waals surface area (Å²) in [4.78, 5) is 16.3. The van der Waals surface area contributed by atoms with Crippen LogP contribution in [0.2, 0.25) is 0 Å². The Hall–Kier alpha value is -2.42. The molecule has 0 saturated carbocycles. The highest BCUT2D eigenvalue weighted by Crippen LogP contribution is 2.41. The second kappa shape index (κ2) is 8.52. The Kier molecular flexibility index (Phi) is 6.26. The normalized spacial score (nSPS) is 17.6. The summed E-state index contributed by atoms with van der Waals surface area (Å²) in [5.74, 6) is -1.35. The van der Waals surface area contributed by atoms with E-state index in [1.165, 1.54) is 17.3 Å². The van der Waals surface area contributed by atoms with Gasteiger partial charge in [-0.3, -0.25) is 0 Å². The predicted octanol–water partition coefficient (Wildman–Crippen LogP) is 5.71. The van der Waals surface area contributed by atoms with Crippen molar-refractivity contribution in [1.82, 2.24) is 10.3 Å². The largest absolute Gasteiger partial charge is 0.478 e. The molecule has 0 bridgehead atoms. The molecule has 1 aliphatic heterocycles. The fraction of sp³-hybridized carbons (Fsp3) is 0.400. The maximum absolute atomic E-state index is 12.9.